The lowest BCUT2D eigenvalue weighted by molar-refractivity contribution is 0.202. The monoisotopic (exact) mass is 330 g/mol. The normalized spacial score (nSPS) is 10.1. The highest BCUT2D eigenvalue weighted by Gasteiger charge is 2.06. The van der Waals surface area contributed by atoms with Crippen LogP contribution in [0.25, 0.3) is 0 Å². The Morgan fingerprint density at radius 3 is 2.75 bits per heavy atom. The van der Waals surface area contributed by atoms with Crippen molar-refractivity contribution >= 4 is 27.3 Å². The first kappa shape index (κ1) is 14.6. The van der Waals surface area contributed by atoms with Crippen LogP contribution in [0, 0.1) is 11.3 Å². The van der Waals surface area contributed by atoms with Gasteiger partial charge >= 0.3 is 0 Å². The van der Waals surface area contributed by atoms with E-state index in [1.807, 2.05) is 30.3 Å². The lowest BCUT2D eigenvalue weighted by atomic mass is 10.1. The van der Waals surface area contributed by atoms with Crippen molar-refractivity contribution in [2.45, 2.75) is 6.42 Å². The van der Waals surface area contributed by atoms with Gasteiger partial charge in [0.25, 0.3) is 0 Å². The predicted molar refractivity (Wildman–Crippen MR) is 84.2 cm³/mol. The molecule has 0 fully saturated rings. The molecule has 3 nitrogen and oxygen atoms in total. The Morgan fingerprint density at radius 1 is 1.20 bits per heavy atom. The smallest absolute Gasteiger partial charge is 0.101 e. The van der Waals surface area contributed by atoms with Crippen molar-refractivity contribution in [1.82, 2.24) is 0 Å². The minimum Gasteiger partial charge on any atom is -0.384 e. The van der Waals surface area contributed by atoms with E-state index in [1.165, 1.54) is 5.56 Å². The largest absolute Gasteiger partial charge is 0.384 e. The van der Waals surface area contributed by atoms with Crippen LogP contribution in [0.1, 0.15) is 11.1 Å². The molecule has 0 aliphatic heterocycles. The van der Waals surface area contributed by atoms with Crippen LogP contribution in [-0.2, 0) is 11.2 Å². The van der Waals surface area contributed by atoms with Crippen LogP contribution >= 0.6 is 15.9 Å². The van der Waals surface area contributed by atoms with Crippen molar-refractivity contribution < 1.29 is 4.74 Å². The quantitative estimate of drug-likeness (QED) is 0.891. The number of anilines is 2. The molecule has 0 radical (unpaired) electrons. The van der Waals surface area contributed by atoms with Crippen LogP contribution in [-0.4, -0.2) is 13.7 Å². The first-order valence-corrected chi connectivity index (χ1v) is 7.07. The van der Waals surface area contributed by atoms with Gasteiger partial charge in [-0.05, 0) is 36.2 Å². The summed E-state index contributed by atoms with van der Waals surface area (Å²) in [6, 6.07) is 15.9. The summed E-state index contributed by atoms with van der Waals surface area (Å²) in [6.45, 7) is 0.671. The van der Waals surface area contributed by atoms with E-state index in [4.69, 9.17) is 4.74 Å². The van der Waals surface area contributed by atoms with Gasteiger partial charge in [0.2, 0.25) is 0 Å². The molecular weight excluding hydrogens is 316 g/mol. The van der Waals surface area contributed by atoms with Crippen molar-refractivity contribution in [3.05, 3.63) is 58.1 Å². The molecular formula is C16H15BrN2O. The summed E-state index contributed by atoms with van der Waals surface area (Å²) in [5.41, 5.74) is 3.59. The van der Waals surface area contributed by atoms with Crippen LogP contribution in [0.4, 0.5) is 11.4 Å². The molecule has 0 unspecified atom stereocenters. The summed E-state index contributed by atoms with van der Waals surface area (Å²) in [5, 5.41) is 12.5. The molecule has 0 bridgehead atoms. The Labute approximate surface area is 127 Å². The van der Waals surface area contributed by atoms with Gasteiger partial charge in [0.1, 0.15) is 6.07 Å². The SMILES string of the molecule is COCCc1ccccc1Nc1ccc(Br)cc1C#N. The molecule has 0 saturated heterocycles. The molecule has 1 N–H and O–H groups in total. The zero-order valence-electron chi connectivity index (χ0n) is 11.2. The third-order valence-electron chi connectivity index (χ3n) is 2.96. The number of halogens is 1. The molecule has 0 saturated carbocycles. The fourth-order valence-corrected chi connectivity index (χ4v) is 2.30. The van der Waals surface area contributed by atoms with Gasteiger partial charge in [-0.25, -0.2) is 0 Å². The maximum absolute atomic E-state index is 9.20. The molecule has 0 aromatic heterocycles. The van der Waals surface area contributed by atoms with Crippen molar-refractivity contribution in [3.8, 4) is 6.07 Å². The number of hydrogen-bond acceptors (Lipinski definition) is 3. The van der Waals surface area contributed by atoms with Gasteiger partial charge < -0.3 is 10.1 Å². The molecule has 0 atom stereocenters. The number of nitriles is 1. The second-order valence-corrected chi connectivity index (χ2v) is 5.24. The topological polar surface area (TPSA) is 45.0 Å². The molecule has 4 heteroatoms. The van der Waals surface area contributed by atoms with Gasteiger partial charge in [-0.2, -0.15) is 5.26 Å². The highest BCUT2D eigenvalue weighted by Crippen LogP contribution is 2.26. The Hall–Kier alpha value is -1.83. The number of nitrogens with one attached hydrogen (secondary N) is 1. The fourth-order valence-electron chi connectivity index (χ4n) is 1.94. The van der Waals surface area contributed by atoms with E-state index in [2.05, 4.69) is 33.4 Å². The van der Waals surface area contributed by atoms with Gasteiger partial charge in [-0.1, -0.05) is 34.1 Å². The molecule has 2 rings (SSSR count). The molecule has 0 amide bonds. The summed E-state index contributed by atoms with van der Waals surface area (Å²) in [6.07, 6.45) is 0.831. The second kappa shape index (κ2) is 7.09. The lowest BCUT2D eigenvalue weighted by Crippen LogP contribution is -2.01. The highest BCUT2D eigenvalue weighted by atomic mass is 79.9. The van der Waals surface area contributed by atoms with Gasteiger partial charge in [-0.3, -0.25) is 0 Å². The van der Waals surface area contributed by atoms with E-state index >= 15 is 0 Å². The van der Waals surface area contributed by atoms with E-state index in [0.717, 1.165) is 22.3 Å². The number of benzene rings is 2. The van der Waals surface area contributed by atoms with Crippen LogP contribution in [0.5, 0.6) is 0 Å². The minimum atomic E-state index is 0.612. The van der Waals surface area contributed by atoms with E-state index in [1.54, 1.807) is 13.2 Å². The van der Waals surface area contributed by atoms with Gasteiger partial charge in [-0.15, -0.1) is 0 Å². The number of hydrogen-bond donors (Lipinski definition) is 1. The third kappa shape index (κ3) is 3.60. The predicted octanol–water partition coefficient (Wildman–Crippen LogP) is 4.25. The van der Waals surface area contributed by atoms with Crippen molar-refractivity contribution in [2.75, 3.05) is 19.0 Å². The van der Waals surface area contributed by atoms with Crippen LogP contribution < -0.4 is 5.32 Å². The van der Waals surface area contributed by atoms with Crippen LogP contribution in [0.15, 0.2) is 46.9 Å². The van der Waals surface area contributed by atoms with Gasteiger partial charge in [0, 0.05) is 17.3 Å². The molecule has 102 valence electrons. The van der Waals surface area contributed by atoms with Crippen molar-refractivity contribution in [2.24, 2.45) is 0 Å². The van der Waals surface area contributed by atoms with Crippen LogP contribution in [0.3, 0.4) is 0 Å². The molecule has 0 aliphatic carbocycles. The van der Waals surface area contributed by atoms with Gasteiger partial charge in [0.05, 0.1) is 17.9 Å². The van der Waals surface area contributed by atoms with E-state index in [0.29, 0.717) is 12.2 Å². The number of rotatable bonds is 5. The number of nitrogens with zero attached hydrogens (tertiary/aromatic N) is 1. The first-order valence-electron chi connectivity index (χ1n) is 6.28. The van der Waals surface area contributed by atoms with Crippen molar-refractivity contribution in [1.29, 1.82) is 5.26 Å². The second-order valence-electron chi connectivity index (χ2n) is 4.33. The third-order valence-corrected chi connectivity index (χ3v) is 3.46. The zero-order valence-corrected chi connectivity index (χ0v) is 12.8. The summed E-state index contributed by atoms with van der Waals surface area (Å²) in [7, 11) is 1.69. The average molecular weight is 331 g/mol. The Balaban J connectivity index is 2.28. The molecule has 2 aromatic carbocycles. The zero-order chi connectivity index (χ0) is 14.4. The van der Waals surface area contributed by atoms with E-state index in [-0.39, 0.29) is 0 Å². The Morgan fingerprint density at radius 2 is 2.00 bits per heavy atom. The molecule has 0 spiro atoms. The van der Waals surface area contributed by atoms with Crippen molar-refractivity contribution in [3.63, 3.8) is 0 Å². The Bertz CT molecular complexity index is 635. The average Bonchev–Trinajstić information content (AvgIpc) is 2.48. The number of methoxy groups -OCH3 is 1. The lowest BCUT2D eigenvalue weighted by Gasteiger charge is -2.13. The summed E-state index contributed by atoms with van der Waals surface area (Å²) in [5.74, 6) is 0. The fraction of sp³-hybridized carbons (Fsp3) is 0.188. The van der Waals surface area contributed by atoms with E-state index in [9.17, 15) is 5.26 Å². The van der Waals surface area contributed by atoms with Crippen LogP contribution in [0.2, 0.25) is 0 Å². The summed E-state index contributed by atoms with van der Waals surface area (Å²) in [4.78, 5) is 0. The maximum Gasteiger partial charge on any atom is 0.101 e. The Kier molecular flexibility index (Phi) is 5.16. The standard InChI is InChI=1S/C16H15BrN2O/c1-20-9-8-12-4-2-3-5-15(12)19-16-7-6-14(17)10-13(16)11-18/h2-7,10,19H,8-9H2,1H3. The summed E-state index contributed by atoms with van der Waals surface area (Å²) >= 11 is 3.38. The molecule has 0 heterocycles. The number of para-hydroxylation sites is 1. The minimum absolute atomic E-state index is 0.612. The first-order chi connectivity index (χ1) is 9.74. The number of ether oxygens (including phenoxy) is 1. The maximum atomic E-state index is 9.20. The van der Waals surface area contributed by atoms with E-state index < -0.39 is 0 Å². The molecule has 0 aliphatic rings. The summed E-state index contributed by atoms with van der Waals surface area (Å²) < 4.78 is 6.02. The highest BCUT2D eigenvalue weighted by molar-refractivity contribution is 9.10. The van der Waals surface area contributed by atoms with Gasteiger partial charge in [0.15, 0.2) is 0 Å². The molecule has 2 aromatic rings. The molecule has 20 heavy (non-hydrogen) atoms.